The molecule has 2 aromatic rings. The zero-order valence-electron chi connectivity index (χ0n) is 9.14. The molecule has 2 rings (SSSR count). The minimum Gasteiger partial charge on any atom is -0.383 e. The first-order chi connectivity index (χ1) is 8.40. The predicted octanol–water partition coefficient (Wildman–Crippen LogP) is 1.99. The molecule has 0 saturated carbocycles. The van der Waals surface area contributed by atoms with E-state index < -0.39 is 11.7 Å². The fourth-order valence-corrected chi connectivity index (χ4v) is 1.61. The molecule has 2 N–H and O–H groups in total. The summed E-state index contributed by atoms with van der Waals surface area (Å²) >= 11 is 1.24. The van der Waals surface area contributed by atoms with Crippen LogP contribution in [0.4, 0.5) is 19.0 Å². The lowest BCUT2D eigenvalue weighted by atomic mass is 10.4. The molecule has 96 valence electrons. The molecule has 0 aromatic carbocycles. The second kappa shape index (κ2) is 4.48. The van der Waals surface area contributed by atoms with Gasteiger partial charge in [0, 0.05) is 12.3 Å². The van der Waals surface area contributed by atoms with Crippen LogP contribution in [-0.2, 0) is 6.18 Å². The number of nitrogens with zero attached hydrogens (tertiary/aromatic N) is 4. The van der Waals surface area contributed by atoms with Crippen molar-refractivity contribution < 1.29 is 13.2 Å². The standard InChI is InChI=1S/C9H8F3N5S/c1-18-8-15-6(13)2-7(16-8)17-4-5(3-14-17)9(10,11)12/h2-4H,1H3,(H2,13,15,16). The number of hydrogen-bond acceptors (Lipinski definition) is 5. The second-order valence-electron chi connectivity index (χ2n) is 3.31. The number of hydrogen-bond donors (Lipinski definition) is 1. The van der Waals surface area contributed by atoms with Crippen LogP contribution in [0.25, 0.3) is 5.82 Å². The summed E-state index contributed by atoms with van der Waals surface area (Å²) < 4.78 is 38.3. The predicted molar refractivity (Wildman–Crippen MR) is 60.3 cm³/mol. The molecule has 0 amide bonds. The Balaban J connectivity index is 2.43. The summed E-state index contributed by atoms with van der Waals surface area (Å²) in [6, 6.07) is 1.35. The lowest BCUT2D eigenvalue weighted by Gasteiger charge is -2.04. The van der Waals surface area contributed by atoms with Gasteiger partial charge in [-0.25, -0.2) is 14.6 Å². The smallest absolute Gasteiger partial charge is 0.383 e. The number of anilines is 1. The number of aromatic nitrogens is 4. The second-order valence-corrected chi connectivity index (χ2v) is 4.08. The maximum Gasteiger partial charge on any atom is 0.419 e. The molecule has 0 atom stereocenters. The molecule has 0 aliphatic heterocycles. The fourth-order valence-electron chi connectivity index (χ4n) is 1.23. The topological polar surface area (TPSA) is 69.6 Å². The maximum atomic E-state index is 12.4. The largest absolute Gasteiger partial charge is 0.419 e. The molecule has 9 heteroatoms. The Labute approximate surface area is 104 Å². The van der Waals surface area contributed by atoms with Crippen molar-refractivity contribution in [2.45, 2.75) is 11.3 Å². The van der Waals surface area contributed by atoms with Gasteiger partial charge in [0.25, 0.3) is 0 Å². The van der Waals surface area contributed by atoms with Crippen LogP contribution in [0, 0.1) is 0 Å². The van der Waals surface area contributed by atoms with Crippen molar-refractivity contribution in [1.82, 2.24) is 19.7 Å². The van der Waals surface area contributed by atoms with Crippen molar-refractivity contribution in [3.63, 3.8) is 0 Å². The normalized spacial score (nSPS) is 11.8. The van der Waals surface area contributed by atoms with E-state index in [2.05, 4.69) is 15.1 Å². The van der Waals surface area contributed by atoms with E-state index in [0.29, 0.717) is 5.16 Å². The van der Waals surface area contributed by atoms with Gasteiger partial charge < -0.3 is 5.73 Å². The van der Waals surface area contributed by atoms with Gasteiger partial charge >= 0.3 is 6.18 Å². The Kier molecular flexibility index (Phi) is 3.16. The van der Waals surface area contributed by atoms with Crippen LogP contribution in [0.2, 0.25) is 0 Å². The molecule has 2 aromatic heterocycles. The lowest BCUT2D eigenvalue weighted by Crippen LogP contribution is -2.05. The van der Waals surface area contributed by atoms with Gasteiger partial charge in [-0.2, -0.15) is 18.3 Å². The molecule has 0 spiro atoms. The Morgan fingerprint density at radius 2 is 2.06 bits per heavy atom. The van der Waals surface area contributed by atoms with Gasteiger partial charge in [-0.15, -0.1) is 0 Å². The molecule has 18 heavy (non-hydrogen) atoms. The molecule has 5 nitrogen and oxygen atoms in total. The molecule has 0 aliphatic carbocycles. The van der Waals surface area contributed by atoms with Crippen molar-refractivity contribution in [3.8, 4) is 5.82 Å². The van der Waals surface area contributed by atoms with Crippen molar-refractivity contribution in [1.29, 1.82) is 0 Å². The third-order valence-electron chi connectivity index (χ3n) is 2.04. The van der Waals surface area contributed by atoms with E-state index >= 15 is 0 Å². The van der Waals surface area contributed by atoms with E-state index in [4.69, 9.17) is 5.73 Å². The Hall–Kier alpha value is -1.77. The first-order valence-corrected chi connectivity index (χ1v) is 5.93. The zero-order chi connectivity index (χ0) is 13.3. The first-order valence-electron chi connectivity index (χ1n) is 4.71. The van der Waals surface area contributed by atoms with E-state index in [9.17, 15) is 13.2 Å². The first kappa shape index (κ1) is 12.7. The summed E-state index contributed by atoms with van der Waals surface area (Å²) in [7, 11) is 0. The van der Waals surface area contributed by atoms with Crippen LogP contribution >= 0.6 is 11.8 Å². The molecule has 0 unspecified atom stereocenters. The van der Waals surface area contributed by atoms with E-state index in [-0.39, 0.29) is 11.6 Å². The van der Waals surface area contributed by atoms with Gasteiger partial charge in [0.15, 0.2) is 11.0 Å². The SMILES string of the molecule is CSc1nc(N)cc(-n2cc(C(F)(F)F)cn2)n1. The number of alkyl halides is 3. The number of nitrogen functional groups attached to an aromatic ring is 1. The molecule has 0 saturated heterocycles. The van der Waals surface area contributed by atoms with E-state index in [1.54, 1.807) is 6.26 Å². The van der Waals surface area contributed by atoms with Crippen molar-refractivity contribution in [2.75, 3.05) is 12.0 Å². The Morgan fingerprint density at radius 3 is 2.61 bits per heavy atom. The molecule has 0 aliphatic rings. The van der Waals surface area contributed by atoms with Gasteiger partial charge in [0.05, 0.1) is 11.8 Å². The van der Waals surface area contributed by atoms with Gasteiger partial charge in [0.1, 0.15) is 5.82 Å². The van der Waals surface area contributed by atoms with E-state index in [1.165, 1.54) is 17.8 Å². The number of thioether (sulfide) groups is 1. The minimum atomic E-state index is -4.43. The average Bonchev–Trinajstić information content (AvgIpc) is 2.77. The highest BCUT2D eigenvalue weighted by Gasteiger charge is 2.32. The van der Waals surface area contributed by atoms with Crippen molar-refractivity contribution >= 4 is 17.6 Å². The highest BCUT2D eigenvalue weighted by Crippen LogP contribution is 2.29. The van der Waals surface area contributed by atoms with Crippen LogP contribution in [0.5, 0.6) is 0 Å². The van der Waals surface area contributed by atoms with Crippen LogP contribution < -0.4 is 5.73 Å². The van der Waals surface area contributed by atoms with Crippen LogP contribution in [-0.4, -0.2) is 26.0 Å². The third kappa shape index (κ3) is 2.55. The summed E-state index contributed by atoms with van der Waals surface area (Å²) in [5.41, 5.74) is 4.69. The van der Waals surface area contributed by atoms with E-state index in [0.717, 1.165) is 17.1 Å². The van der Waals surface area contributed by atoms with Crippen LogP contribution in [0.3, 0.4) is 0 Å². The molecular formula is C9H8F3N5S. The number of halogens is 3. The molecular weight excluding hydrogens is 267 g/mol. The van der Waals surface area contributed by atoms with Crippen LogP contribution in [0.15, 0.2) is 23.6 Å². The minimum absolute atomic E-state index is 0.174. The summed E-state index contributed by atoms with van der Waals surface area (Å²) in [5, 5.41) is 3.98. The van der Waals surface area contributed by atoms with Crippen LogP contribution in [0.1, 0.15) is 5.56 Å². The monoisotopic (exact) mass is 275 g/mol. The summed E-state index contributed by atoms with van der Waals surface area (Å²) in [4.78, 5) is 7.92. The summed E-state index contributed by atoms with van der Waals surface area (Å²) in [6.45, 7) is 0. The molecule has 0 radical (unpaired) electrons. The Bertz CT molecular complexity index is 566. The van der Waals surface area contributed by atoms with Gasteiger partial charge in [-0.05, 0) is 6.26 Å². The molecule has 0 bridgehead atoms. The summed E-state index contributed by atoms with van der Waals surface area (Å²) in [6.07, 6.45) is -1.11. The van der Waals surface area contributed by atoms with Crippen molar-refractivity contribution in [3.05, 3.63) is 24.0 Å². The Morgan fingerprint density at radius 1 is 1.33 bits per heavy atom. The van der Waals surface area contributed by atoms with Crippen molar-refractivity contribution in [2.24, 2.45) is 0 Å². The number of nitrogens with two attached hydrogens (primary N) is 1. The third-order valence-corrected chi connectivity index (χ3v) is 2.59. The number of rotatable bonds is 2. The lowest BCUT2D eigenvalue weighted by molar-refractivity contribution is -0.137. The fraction of sp³-hybridized carbons (Fsp3) is 0.222. The highest BCUT2D eigenvalue weighted by atomic mass is 32.2. The molecule has 2 heterocycles. The molecule has 0 fully saturated rings. The summed E-state index contributed by atoms with van der Waals surface area (Å²) in [5.74, 6) is 0.371. The van der Waals surface area contributed by atoms with E-state index in [1.807, 2.05) is 0 Å². The van der Waals surface area contributed by atoms with Gasteiger partial charge in [-0.1, -0.05) is 11.8 Å². The maximum absolute atomic E-state index is 12.4. The average molecular weight is 275 g/mol. The van der Waals surface area contributed by atoms with Gasteiger partial charge in [0.2, 0.25) is 0 Å². The quantitative estimate of drug-likeness (QED) is 0.670. The highest BCUT2D eigenvalue weighted by molar-refractivity contribution is 7.98. The zero-order valence-corrected chi connectivity index (χ0v) is 9.96. The van der Waals surface area contributed by atoms with Gasteiger partial charge in [-0.3, -0.25) is 0 Å².